The molecule has 1 heterocycles. The molecule has 0 unspecified atom stereocenters. The first kappa shape index (κ1) is 15.3. The molecule has 1 aromatic carbocycles. The molecule has 0 atom stereocenters. The molecule has 0 bridgehead atoms. The third-order valence-electron chi connectivity index (χ3n) is 3.38. The van der Waals surface area contributed by atoms with E-state index in [0.717, 1.165) is 5.69 Å². The van der Waals surface area contributed by atoms with Gasteiger partial charge in [0.2, 0.25) is 0 Å². The minimum Gasteiger partial charge on any atom is -0.481 e. The zero-order valence-electron chi connectivity index (χ0n) is 10.5. The second-order valence-corrected chi connectivity index (χ2v) is 4.53. The summed E-state index contributed by atoms with van der Waals surface area (Å²) in [5, 5.41) is 16.5. The van der Waals surface area contributed by atoms with Gasteiger partial charge in [0.15, 0.2) is 0 Å². The molecule has 4 N–H and O–H groups in total. The van der Waals surface area contributed by atoms with E-state index in [0.29, 0.717) is 31.5 Å². The van der Waals surface area contributed by atoms with Crippen molar-refractivity contribution < 1.29 is 9.90 Å². The van der Waals surface area contributed by atoms with Gasteiger partial charge in [-0.05, 0) is 25.0 Å². The molecule has 1 fully saturated rings. The summed E-state index contributed by atoms with van der Waals surface area (Å²) < 4.78 is 0. The number of carboxylic acid groups (broad SMARTS) is 1. The lowest BCUT2D eigenvalue weighted by Gasteiger charge is -2.33. The van der Waals surface area contributed by atoms with Gasteiger partial charge >= 0.3 is 5.97 Å². The summed E-state index contributed by atoms with van der Waals surface area (Å²) in [7, 11) is 0. The van der Waals surface area contributed by atoms with Crippen LogP contribution in [0.3, 0.4) is 0 Å². The molecule has 0 saturated carbocycles. The molecule has 0 amide bonds. The van der Waals surface area contributed by atoms with Gasteiger partial charge in [0.1, 0.15) is 5.84 Å². The normalized spacial score (nSPS) is 15.7. The van der Waals surface area contributed by atoms with Crippen molar-refractivity contribution >= 4 is 29.9 Å². The number of aliphatic carboxylic acids is 1. The van der Waals surface area contributed by atoms with Crippen LogP contribution in [-0.2, 0) is 4.79 Å². The third-order valence-corrected chi connectivity index (χ3v) is 3.38. The van der Waals surface area contributed by atoms with Crippen LogP contribution in [0.5, 0.6) is 0 Å². The minimum absolute atomic E-state index is 0. The number of para-hydroxylation sites is 1. The molecule has 0 radical (unpaired) electrons. The highest BCUT2D eigenvalue weighted by Gasteiger charge is 2.25. The molecular weight excluding hydrogens is 266 g/mol. The largest absolute Gasteiger partial charge is 0.481 e. The number of hydrogen-bond acceptors (Lipinski definition) is 3. The number of nitrogen functional groups attached to an aromatic ring is 1. The summed E-state index contributed by atoms with van der Waals surface area (Å²) in [6, 6.07) is 7.51. The van der Waals surface area contributed by atoms with Gasteiger partial charge < -0.3 is 15.7 Å². The molecule has 0 aliphatic carbocycles. The highest BCUT2D eigenvalue weighted by molar-refractivity contribution is 6.00. The Morgan fingerprint density at radius 2 is 1.89 bits per heavy atom. The molecule has 1 aliphatic rings. The molecule has 0 aromatic heterocycles. The average molecular weight is 284 g/mol. The van der Waals surface area contributed by atoms with Gasteiger partial charge in [0, 0.05) is 24.3 Å². The summed E-state index contributed by atoms with van der Waals surface area (Å²) in [5.41, 5.74) is 7.20. The van der Waals surface area contributed by atoms with Crippen molar-refractivity contribution in [1.82, 2.24) is 0 Å². The molecule has 5 nitrogen and oxygen atoms in total. The Balaban J connectivity index is 0.00000180. The van der Waals surface area contributed by atoms with Crippen LogP contribution >= 0.6 is 12.4 Å². The lowest BCUT2D eigenvalue weighted by atomic mass is 9.96. The molecule has 6 heteroatoms. The van der Waals surface area contributed by atoms with Gasteiger partial charge in [0.05, 0.1) is 5.92 Å². The Hall–Kier alpha value is -1.75. The van der Waals surface area contributed by atoms with E-state index in [9.17, 15) is 4.79 Å². The van der Waals surface area contributed by atoms with E-state index in [4.69, 9.17) is 16.2 Å². The molecule has 2 rings (SSSR count). The maximum atomic E-state index is 10.9. The van der Waals surface area contributed by atoms with Crippen molar-refractivity contribution in [2.75, 3.05) is 18.0 Å². The minimum atomic E-state index is -0.713. The van der Waals surface area contributed by atoms with E-state index < -0.39 is 5.97 Å². The van der Waals surface area contributed by atoms with Crippen LogP contribution < -0.4 is 10.6 Å². The zero-order valence-corrected chi connectivity index (χ0v) is 11.3. The highest BCUT2D eigenvalue weighted by atomic mass is 35.5. The second kappa shape index (κ2) is 6.43. The SMILES string of the molecule is Cl.N=C(N)c1ccccc1N1CCC(C(=O)O)CC1. The molecule has 104 valence electrons. The Bertz CT molecular complexity index is 471. The molecule has 0 spiro atoms. The molecule has 1 saturated heterocycles. The molecular formula is C13H18ClN3O2. The van der Waals surface area contributed by atoms with Gasteiger partial charge in [-0.3, -0.25) is 10.2 Å². The number of nitrogens with one attached hydrogen (secondary N) is 1. The average Bonchev–Trinajstić information content (AvgIpc) is 2.39. The number of amidine groups is 1. The maximum absolute atomic E-state index is 10.9. The zero-order chi connectivity index (χ0) is 13.1. The van der Waals surface area contributed by atoms with E-state index in [2.05, 4.69) is 4.90 Å². The lowest BCUT2D eigenvalue weighted by Crippen LogP contribution is -2.37. The number of rotatable bonds is 3. The van der Waals surface area contributed by atoms with Crippen LogP contribution in [0.4, 0.5) is 5.69 Å². The van der Waals surface area contributed by atoms with Crippen molar-refractivity contribution in [3.8, 4) is 0 Å². The quantitative estimate of drug-likeness (QED) is 0.582. The number of hydrogen-bond donors (Lipinski definition) is 3. The summed E-state index contributed by atoms with van der Waals surface area (Å²) in [4.78, 5) is 13.0. The number of halogens is 1. The van der Waals surface area contributed by atoms with Gasteiger partial charge in [-0.2, -0.15) is 0 Å². The summed E-state index contributed by atoms with van der Waals surface area (Å²) in [6.07, 6.45) is 1.28. The summed E-state index contributed by atoms with van der Waals surface area (Å²) in [6.45, 7) is 1.39. The fourth-order valence-corrected chi connectivity index (χ4v) is 2.34. The van der Waals surface area contributed by atoms with E-state index in [1.54, 1.807) is 0 Å². The number of nitrogens with zero attached hydrogens (tertiary/aromatic N) is 1. The molecule has 1 aromatic rings. The van der Waals surface area contributed by atoms with Gasteiger partial charge in [-0.1, -0.05) is 12.1 Å². The predicted molar refractivity (Wildman–Crippen MR) is 77.3 cm³/mol. The Morgan fingerprint density at radius 3 is 2.42 bits per heavy atom. The number of carbonyl (C=O) groups is 1. The third kappa shape index (κ3) is 3.38. The van der Waals surface area contributed by atoms with Gasteiger partial charge in [0.25, 0.3) is 0 Å². The van der Waals surface area contributed by atoms with Crippen LogP contribution in [0.25, 0.3) is 0 Å². The Morgan fingerprint density at radius 1 is 1.32 bits per heavy atom. The predicted octanol–water partition coefficient (Wildman–Crippen LogP) is 1.69. The first-order chi connectivity index (χ1) is 8.59. The van der Waals surface area contributed by atoms with Crippen LogP contribution in [0.15, 0.2) is 24.3 Å². The lowest BCUT2D eigenvalue weighted by molar-refractivity contribution is -0.142. The van der Waals surface area contributed by atoms with E-state index in [-0.39, 0.29) is 24.2 Å². The van der Waals surface area contributed by atoms with Crippen molar-refractivity contribution in [3.05, 3.63) is 29.8 Å². The number of nitrogens with two attached hydrogens (primary N) is 1. The van der Waals surface area contributed by atoms with E-state index >= 15 is 0 Å². The Kier molecular flexibility index (Phi) is 5.18. The van der Waals surface area contributed by atoms with Crippen molar-refractivity contribution in [1.29, 1.82) is 5.41 Å². The summed E-state index contributed by atoms with van der Waals surface area (Å²) >= 11 is 0. The fraction of sp³-hybridized carbons (Fsp3) is 0.385. The van der Waals surface area contributed by atoms with Crippen molar-refractivity contribution in [2.45, 2.75) is 12.8 Å². The van der Waals surface area contributed by atoms with Crippen LogP contribution in [0, 0.1) is 11.3 Å². The first-order valence-electron chi connectivity index (χ1n) is 6.00. The van der Waals surface area contributed by atoms with Crippen molar-refractivity contribution in [3.63, 3.8) is 0 Å². The number of benzene rings is 1. The van der Waals surface area contributed by atoms with Crippen LogP contribution in [0.1, 0.15) is 18.4 Å². The fourth-order valence-electron chi connectivity index (χ4n) is 2.34. The molecule has 19 heavy (non-hydrogen) atoms. The Labute approximate surface area is 118 Å². The monoisotopic (exact) mass is 283 g/mol. The van der Waals surface area contributed by atoms with Crippen molar-refractivity contribution in [2.24, 2.45) is 11.7 Å². The second-order valence-electron chi connectivity index (χ2n) is 4.53. The highest BCUT2D eigenvalue weighted by Crippen LogP contribution is 2.26. The maximum Gasteiger partial charge on any atom is 0.306 e. The first-order valence-corrected chi connectivity index (χ1v) is 6.00. The standard InChI is InChI=1S/C13H17N3O2.ClH/c14-12(15)10-3-1-2-4-11(10)16-7-5-9(6-8-16)13(17)18;/h1-4,9H,5-8H2,(H3,14,15)(H,17,18);1H. The molecule has 1 aliphatic heterocycles. The smallest absolute Gasteiger partial charge is 0.306 e. The summed E-state index contributed by atoms with van der Waals surface area (Å²) in [5.74, 6) is -0.911. The van der Waals surface area contributed by atoms with Crippen LogP contribution in [-0.4, -0.2) is 30.0 Å². The van der Waals surface area contributed by atoms with Gasteiger partial charge in [-0.15, -0.1) is 12.4 Å². The van der Waals surface area contributed by atoms with E-state index in [1.807, 2.05) is 24.3 Å². The van der Waals surface area contributed by atoms with Crippen LogP contribution in [0.2, 0.25) is 0 Å². The number of piperidine rings is 1. The van der Waals surface area contributed by atoms with E-state index in [1.165, 1.54) is 0 Å². The number of anilines is 1. The van der Waals surface area contributed by atoms with Gasteiger partial charge in [-0.25, -0.2) is 0 Å². The number of carboxylic acids is 1. The topological polar surface area (TPSA) is 90.4 Å².